The molecule has 2 aliphatic heterocycles. The standard InChI is InChI=1S/C18H30N4O2S.HI/c1-18(6-4-9-24-18)14-21-17(19-2)20-13-15(16-5-3-12-25-16)22-7-10-23-11-8-22;/h3,5,12,15H,4,6-11,13-14H2,1-2H3,(H2,19,20,21);1H. The molecule has 0 aliphatic carbocycles. The van der Waals surface area contributed by atoms with Crippen LogP contribution in [0.15, 0.2) is 22.5 Å². The summed E-state index contributed by atoms with van der Waals surface area (Å²) in [6.45, 7) is 8.22. The summed E-state index contributed by atoms with van der Waals surface area (Å²) < 4.78 is 11.4. The second-order valence-electron chi connectivity index (χ2n) is 6.89. The molecular formula is C18H31IN4O2S. The van der Waals surface area contributed by atoms with Crippen LogP contribution >= 0.6 is 35.3 Å². The molecule has 0 bridgehead atoms. The van der Waals surface area contributed by atoms with Crippen molar-refractivity contribution >= 4 is 41.3 Å². The Hall–Kier alpha value is -0.420. The summed E-state index contributed by atoms with van der Waals surface area (Å²) >= 11 is 1.81. The molecule has 0 radical (unpaired) electrons. The normalized spacial score (nSPS) is 25.5. The first-order chi connectivity index (χ1) is 12.2. The highest BCUT2D eigenvalue weighted by atomic mass is 127. The molecule has 0 saturated carbocycles. The first-order valence-corrected chi connectivity index (χ1v) is 10.0. The van der Waals surface area contributed by atoms with Crippen molar-refractivity contribution in [2.24, 2.45) is 4.99 Å². The third-order valence-electron chi connectivity index (χ3n) is 4.97. The average molecular weight is 494 g/mol. The molecule has 26 heavy (non-hydrogen) atoms. The van der Waals surface area contributed by atoms with E-state index in [2.05, 4.69) is 45.0 Å². The van der Waals surface area contributed by atoms with Crippen molar-refractivity contribution < 1.29 is 9.47 Å². The van der Waals surface area contributed by atoms with E-state index in [1.165, 1.54) is 4.88 Å². The van der Waals surface area contributed by atoms with Gasteiger partial charge in [-0.05, 0) is 31.2 Å². The second-order valence-corrected chi connectivity index (χ2v) is 7.87. The smallest absolute Gasteiger partial charge is 0.191 e. The minimum absolute atomic E-state index is 0. The number of hydrogen-bond donors (Lipinski definition) is 2. The number of ether oxygens (including phenoxy) is 2. The minimum atomic E-state index is -0.0744. The van der Waals surface area contributed by atoms with Crippen molar-refractivity contribution in [3.05, 3.63) is 22.4 Å². The van der Waals surface area contributed by atoms with Crippen LogP contribution < -0.4 is 10.6 Å². The molecule has 1 aromatic heterocycles. The van der Waals surface area contributed by atoms with Gasteiger partial charge in [0, 0.05) is 44.7 Å². The van der Waals surface area contributed by atoms with Crippen molar-refractivity contribution in [1.82, 2.24) is 15.5 Å². The van der Waals surface area contributed by atoms with Gasteiger partial charge in [-0.1, -0.05) is 6.07 Å². The zero-order valence-electron chi connectivity index (χ0n) is 15.7. The molecule has 2 fully saturated rings. The van der Waals surface area contributed by atoms with E-state index in [0.29, 0.717) is 6.04 Å². The molecule has 2 aliphatic rings. The summed E-state index contributed by atoms with van der Waals surface area (Å²) in [6.07, 6.45) is 2.24. The number of morpholine rings is 1. The zero-order chi connectivity index (χ0) is 17.5. The SMILES string of the molecule is CN=C(NCC(c1cccs1)N1CCOCC1)NCC1(C)CCCO1.I. The number of halogens is 1. The minimum Gasteiger partial charge on any atom is -0.379 e. The highest BCUT2D eigenvalue weighted by Gasteiger charge is 2.30. The molecule has 6 nitrogen and oxygen atoms in total. The zero-order valence-corrected chi connectivity index (χ0v) is 18.8. The van der Waals surface area contributed by atoms with E-state index < -0.39 is 0 Å². The maximum atomic E-state index is 5.85. The summed E-state index contributed by atoms with van der Waals surface area (Å²) in [7, 11) is 1.82. The van der Waals surface area contributed by atoms with Gasteiger partial charge in [0.15, 0.2) is 5.96 Å². The molecule has 2 unspecified atom stereocenters. The summed E-state index contributed by atoms with van der Waals surface area (Å²) in [6, 6.07) is 4.69. The molecule has 2 atom stereocenters. The molecule has 8 heteroatoms. The van der Waals surface area contributed by atoms with Crippen molar-refractivity contribution in [2.45, 2.75) is 31.4 Å². The number of thiophene rings is 1. The van der Waals surface area contributed by atoms with Crippen molar-refractivity contribution in [3.8, 4) is 0 Å². The van der Waals surface area contributed by atoms with E-state index in [1.807, 2.05) is 18.4 Å². The van der Waals surface area contributed by atoms with E-state index in [-0.39, 0.29) is 29.6 Å². The molecule has 2 N–H and O–H groups in total. The van der Waals surface area contributed by atoms with Gasteiger partial charge in [0.05, 0.1) is 24.9 Å². The van der Waals surface area contributed by atoms with Crippen LogP contribution in [-0.4, -0.2) is 69.5 Å². The van der Waals surface area contributed by atoms with Gasteiger partial charge in [0.2, 0.25) is 0 Å². The van der Waals surface area contributed by atoms with Gasteiger partial charge in [-0.2, -0.15) is 0 Å². The topological polar surface area (TPSA) is 58.1 Å². The van der Waals surface area contributed by atoms with Crippen LogP contribution in [0.3, 0.4) is 0 Å². The Balaban J connectivity index is 0.00000243. The first-order valence-electron chi connectivity index (χ1n) is 9.14. The molecular weight excluding hydrogens is 463 g/mol. The Kier molecular flexibility index (Phi) is 9.08. The number of guanidine groups is 1. The van der Waals surface area contributed by atoms with Crippen LogP contribution in [-0.2, 0) is 9.47 Å². The Labute approximate surface area is 177 Å². The van der Waals surface area contributed by atoms with E-state index >= 15 is 0 Å². The second kappa shape index (κ2) is 10.8. The van der Waals surface area contributed by atoms with E-state index in [4.69, 9.17) is 9.47 Å². The van der Waals surface area contributed by atoms with E-state index in [1.54, 1.807) is 0 Å². The molecule has 148 valence electrons. The number of hydrogen-bond acceptors (Lipinski definition) is 5. The summed E-state index contributed by atoms with van der Waals surface area (Å²) in [5.41, 5.74) is -0.0744. The van der Waals surface area contributed by atoms with Gasteiger partial charge in [-0.3, -0.25) is 9.89 Å². The highest BCUT2D eigenvalue weighted by Crippen LogP contribution is 2.26. The lowest BCUT2D eigenvalue weighted by Crippen LogP contribution is -2.48. The maximum Gasteiger partial charge on any atom is 0.191 e. The first kappa shape index (κ1) is 21.9. The van der Waals surface area contributed by atoms with Gasteiger partial charge in [0.25, 0.3) is 0 Å². The van der Waals surface area contributed by atoms with Gasteiger partial charge in [-0.25, -0.2) is 0 Å². The number of nitrogens with one attached hydrogen (secondary N) is 2. The van der Waals surface area contributed by atoms with Gasteiger partial charge in [0.1, 0.15) is 0 Å². The Morgan fingerprint density at radius 2 is 2.15 bits per heavy atom. The van der Waals surface area contributed by atoms with Crippen molar-refractivity contribution in [2.75, 3.05) is 53.0 Å². The van der Waals surface area contributed by atoms with Crippen LogP contribution in [0.1, 0.15) is 30.7 Å². The number of aliphatic imine (C=N–C) groups is 1. The van der Waals surface area contributed by atoms with Gasteiger partial charge in [-0.15, -0.1) is 35.3 Å². The van der Waals surface area contributed by atoms with Crippen molar-refractivity contribution in [1.29, 1.82) is 0 Å². The predicted molar refractivity (Wildman–Crippen MR) is 118 cm³/mol. The summed E-state index contributed by atoms with van der Waals surface area (Å²) in [4.78, 5) is 8.26. The molecule has 3 rings (SSSR count). The lowest BCUT2D eigenvalue weighted by molar-refractivity contribution is 0.0174. The lowest BCUT2D eigenvalue weighted by atomic mass is 10.0. The monoisotopic (exact) mass is 494 g/mol. The largest absolute Gasteiger partial charge is 0.379 e. The molecule has 3 heterocycles. The molecule has 0 amide bonds. The Morgan fingerprint density at radius 1 is 1.35 bits per heavy atom. The molecule has 2 saturated heterocycles. The molecule has 0 aromatic carbocycles. The fourth-order valence-electron chi connectivity index (χ4n) is 3.44. The number of nitrogens with zero attached hydrogens (tertiary/aromatic N) is 2. The quantitative estimate of drug-likeness (QED) is 0.362. The third kappa shape index (κ3) is 6.05. The fraction of sp³-hybridized carbons (Fsp3) is 0.722. The average Bonchev–Trinajstić information content (AvgIpc) is 3.31. The van der Waals surface area contributed by atoms with E-state index in [9.17, 15) is 0 Å². The molecule has 0 spiro atoms. The predicted octanol–water partition coefficient (Wildman–Crippen LogP) is 2.47. The fourth-order valence-corrected chi connectivity index (χ4v) is 4.30. The van der Waals surface area contributed by atoms with Gasteiger partial charge >= 0.3 is 0 Å². The van der Waals surface area contributed by atoms with Gasteiger partial charge < -0.3 is 20.1 Å². The maximum absolute atomic E-state index is 5.85. The van der Waals surface area contributed by atoms with Crippen LogP contribution in [0.5, 0.6) is 0 Å². The summed E-state index contributed by atoms with van der Waals surface area (Å²) in [5, 5.41) is 9.08. The third-order valence-corrected chi connectivity index (χ3v) is 5.95. The Morgan fingerprint density at radius 3 is 2.77 bits per heavy atom. The van der Waals surface area contributed by atoms with Crippen LogP contribution in [0.2, 0.25) is 0 Å². The van der Waals surface area contributed by atoms with Crippen molar-refractivity contribution in [3.63, 3.8) is 0 Å². The summed E-state index contributed by atoms with van der Waals surface area (Å²) in [5.74, 6) is 0.839. The molecule has 1 aromatic rings. The van der Waals surface area contributed by atoms with Crippen LogP contribution in [0, 0.1) is 0 Å². The van der Waals surface area contributed by atoms with E-state index in [0.717, 1.165) is 64.8 Å². The van der Waals surface area contributed by atoms with Crippen LogP contribution in [0.4, 0.5) is 0 Å². The van der Waals surface area contributed by atoms with Crippen LogP contribution in [0.25, 0.3) is 0 Å². The lowest BCUT2D eigenvalue weighted by Gasteiger charge is -2.34. The Bertz CT molecular complexity index is 543. The number of rotatable bonds is 6. The highest BCUT2D eigenvalue weighted by molar-refractivity contribution is 14.0.